The van der Waals surface area contributed by atoms with Crippen LogP contribution in [0.25, 0.3) is 11.6 Å². The van der Waals surface area contributed by atoms with Crippen LogP contribution >= 0.6 is 0 Å². The van der Waals surface area contributed by atoms with E-state index in [0.717, 1.165) is 65.8 Å². The van der Waals surface area contributed by atoms with Crippen molar-refractivity contribution < 1.29 is 28.1 Å². The number of unbranched alkanes of at least 4 members (excludes halogenated alkanes) is 7. The lowest BCUT2D eigenvalue weighted by Gasteiger charge is -2.10. The lowest BCUT2D eigenvalue weighted by atomic mass is 10.0. The molecule has 252 valence electrons. The third kappa shape index (κ3) is 13.1. The summed E-state index contributed by atoms with van der Waals surface area (Å²) in [5.74, 6) is 2.73. The van der Waals surface area contributed by atoms with Gasteiger partial charge in [0, 0.05) is 5.56 Å². The molecule has 0 saturated heterocycles. The van der Waals surface area contributed by atoms with Gasteiger partial charge in [-0.25, -0.2) is 4.39 Å². The highest BCUT2D eigenvalue weighted by molar-refractivity contribution is 6.08. The molecule has 4 rings (SSSR count). The van der Waals surface area contributed by atoms with Crippen LogP contribution in [0.15, 0.2) is 110 Å². The average Bonchev–Trinajstić information content (AvgIpc) is 3.12. The average molecular weight is 651 g/mol. The number of ether oxygens (including phenoxy) is 4. The molecule has 0 aliphatic heterocycles. The van der Waals surface area contributed by atoms with E-state index in [1.54, 1.807) is 6.08 Å². The predicted octanol–water partition coefficient (Wildman–Crippen LogP) is 10.8. The van der Waals surface area contributed by atoms with Crippen molar-refractivity contribution in [3.63, 3.8) is 0 Å². The maximum absolute atomic E-state index is 13.1. The van der Waals surface area contributed by atoms with Crippen LogP contribution in [0.4, 0.5) is 4.39 Å². The Morgan fingerprint density at radius 2 is 0.917 bits per heavy atom. The van der Waals surface area contributed by atoms with E-state index in [9.17, 15) is 9.18 Å². The molecule has 0 radical (unpaired) electrons. The Bertz CT molecular complexity index is 1540. The van der Waals surface area contributed by atoms with Gasteiger partial charge in [0.15, 0.2) is 5.78 Å². The zero-order valence-electron chi connectivity index (χ0n) is 28.0. The number of rotatable bonds is 22. The van der Waals surface area contributed by atoms with E-state index < -0.39 is 0 Å². The monoisotopic (exact) mass is 650 g/mol. The van der Waals surface area contributed by atoms with Gasteiger partial charge in [0.1, 0.15) is 42.0 Å². The Morgan fingerprint density at radius 1 is 0.542 bits per heavy atom. The SMILES string of the molecule is C=Cc1ccc(OCCCCCCCCCCOc2ccc(OCCOc3ccc(/C(C)=C/C(=O)c4ccc(F)cc4)cc3)cc2)cc1. The predicted molar refractivity (Wildman–Crippen MR) is 193 cm³/mol. The Kier molecular flexibility index (Phi) is 15.3. The summed E-state index contributed by atoms with van der Waals surface area (Å²) in [5, 5.41) is 0. The fourth-order valence-corrected chi connectivity index (χ4v) is 5.09. The van der Waals surface area contributed by atoms with Crippen LogP contribution in [0.1, 0.15) is 79.8 Å². The molecule has 48 heavy (non-hydrogen) atoms. The van der Waals surface area contributed by atoms with Crippen LogP contribution in [-0.4, -0.2) is 32.2 Å². The Balaban J connectivity index is 0.992. The number of carbonyl (C=O) groups excluding carboxylic acids is 1. The lowest BCUT2D eigenvalue weighted by Crippen LogP contribution is -2.09. The number of halogens is 1. The maximum atomic E-state index is 13.1. The van der Waals surface area contributed by atoms with Gasteiger partial charge in [-0.05, 0) is 115 Å². The molecule has 0 heterocycles. The number of carbonyl (C=O) groups is 1. The maximum Gasteiger partial charge on any atom is 0.186 e. The van der Waals surface area contributed by atoms with Gasteiger partial charge >= 0.3 is 0 Å². The topological polar surface area (TPSA) is 54.0 Å². The quantitative estimate of drug-likeness (QED) is 0.0481. The number of allylic oxidation sites excluding steroid dienone is 2. The highest BCUT2D eigenvalue weighted by atomic mass is 19.1. The second-order valence-corrected chi connectivity index (χ2v) is 11.7. The fraction of sp³-hybridized carbons (Fsp3) is 0.310. The summed E-state index contributed by atoms with van der Waals surface area (Å²) in [5.41, 5.74) is 3.29. The molecule has 5 nitrogen and oxygen atoms in total. The molecule has 4 aromatic carbocycles. The third-order valence-corrected chi connectivity index (χ3v) is 7.92. The first kappa shape index (κ1) is 36.0. The summed E-state index contributed by atoms with van der Waals surface area (Å²) in [6.45, 7) is 7.94. The highest BCUT2D eigenvalue weighted by Gasteiger charge is 2.06. The zero-order chi connectivity index (χ0) is 33.8. The van der Waals surface area contributed by atoms with Crippen molar-refractivity contribution in [3.8, 4) is 23.0 Å². The van der Waals surface area contributed by atoms with Crippen molar-refractivity contribution >= 4 is 17.4 Å². The normalized spacial score (nSPS) is 11.2. The molecular weight excluding hydrogens is 603 g/mol. The van der Waals surface area contributed by atoms with Gasteiger partial charge in [-0.2, -0.15) is 0 Å². The van der Waals surface area contributed by atoms with Gasteiger partial charge in [0.25, 0.3) is 0 Å². The second-order valence-electron chi connectivity index (χ2n) is 11.7. The molecule has 0 amide bonds. The van der Waals surface area contributed by atoms with Crippen LogP contribution in [0.3, 0.4) is 0 Å². The number of ketones is 1. The van der Waals surface area contributed by atoms with E-state index >= 15 is 0 Å². The van der Waals surface area contributed by atoms with Crippen molar-refractivity contribution in [1.82, 2.24) is 0 Å². The highest BCUT2D eigenvalue weighted by Crippen LogP contribution is 2.21. The zero-order valence-corrected chi connectivity index (χ0v) is 28.0. The first-order valence-electron chi connectivity index (χ1n) is 16.9. The van der Waals surface area contributed by atoms with E-state index in [1.807, 2.05) is 85.8 Å². The minimum absolute atomic E-state index is 0.164. The van der Waals surface area contributed by atoms with E-state index in [2.05, 4.69) is 6.58 Å². The molecule has 0 spiro atoms. The number of benzene rings is 4. The smallest absolute Gasteiger partial charge is 0.186 e. The summed E-state index contributed by atoms with van der Waals surface area (Å²) in [6, 6.07) is 28.8. The van der Waals surface area contributed by atoms with Crippen molar-refractivity contribution in [1.29, 1.82) is 0 Å². The third-order valence-electron chi connectivity index (χ3n) is 7.92. The van der Waals surface area contributed by atoms with Crippen LogP contribution < -0.4 is 18.9 Å². The fourth-order valence-electron chi connectivity index (χ4n) is 5.09. The molecule has 0 atom stereocenters. The van der Waals surface area contributed by atoms with Gasteiger partial charge in [0.2, 0.25) is 0 Å². The van der Waals surface area contributed by atoms with Gasteiger partial charge in [-0.3, -0.25) is 4.79 Å². The van der Waals surface area contributed by atoms with Gasteiger partial charge < -0.3 is 18.9 Å². The van der Waals surface area contributed by atoms with Crippen LogP contribution in [0, 0.1) is 5.82 Å². The molecule has 0 aliphatic rings. The lowest BCUT2D eigenvalue weighted by molar-refractivity contribution is 0.104. The summed E-state index contributed by atoms with van der Waals surface area (Å²) >= 11 is 0. The van der Waals surface area contributed by atoms with E-state index in [4.69, 9.17) is 18.9 Å². The van der Waals surface area contributed by atoms with Crippen molar-refractivity contribution in [2.75, 3.05) is 26.4 Å². The van der Waals surface area contributed by atoms with Crippen LogP contribution in [0.2, 0.25) is 0 Å². The number of hydrogen-bond donors (Lipinski definition) is 0. The summed E-state index contributed by atoms with van der Waals surface area (Å²) in [7, 11) is 0. The first-order valence-corrected chi connectivity index (χ1v) is 16.9. The molecule has 0 aromatic heterocycles. The van der Waals surface area contributed by atoms with Gasteiger partial charge in [-0.15, -0.1) is 0 Å². The molecule has 0 saturated carbocycles. The summed E-state index contributed by atoms with van der Waals surface area (Å²) in [4.78, 5) is 12.4. The minimum Gasteiger partial charge on any atom is -0.494 e. The molecular formula is C42H47FO5. The Labute approximate surface area is 285 Å². The molecule has 0 N–H and O–H groups in total. The van der Waals surface area contributed by atoms with E-state index in [1.165, 1.54) is 62.8 Å². The molecule has 0 fully saturated rings. The standard InChI is InChI=1S/C42H47FO5/c1-3-34-12-20-38(21-13-34)45-28-10-8-6-4-5-7-9-11-29-46-40-24-26-41(27-25-40)48-31-30-47-39-22-16-35(17-23-39)33(2)32-42(44)36-14-18-37(43)19-15-36/h3,12-27,32H,1,4-11,28-31H2,2H3/b33-32+. The Hall–Kier alpha value is -4.84. The number of hydrogen-bond acceptors (Lipinski definition) is 5. The Morgan fingerprint density at radius 3 is 1.38 bits per heavy atom. The molecule has 6 heteroatoms. The van der Waals surface area contributed by atoms with Crippen LogP contribution in [-0.2, 0) is 0 Å². The molecule has 4 aromatic rings. The van der Waals surface area contributed by atoms with Crippen molar-refractivity contribution in [2.24, 2.45) is 0 Å². The summed E-state index contributed by atoms with van der Waals surface area (Å²) < 4.78 is 36.5. The molecule has 0 bridgehead atoms. The molecule has 0 unspecified atom stereocenters. The minimum atomic E-state index is -0.365. The molecule has 0 aliphatic carbocycles. The van der Waals surface area contributed by atoms with E-state index in [-0.39, 0.29) is 11.6 Å². The van der Waals surface area contributed by atoms with Gasteiger partial charge in [-0.1, -0.05) is 75.4 Å². The van der Waals surface area contributed by atoms with Crippen LogP contribution in [0.5, 0.6) is 23.0 Å². The van der Waals surface area contributed by atoms with E-state index in [0.29, 0.717) is 18.8 Å². The largest absolute Gasteiger partial charge is 0.494 e. The van der Waals surface area contributed by atoms with Gasteiger partial charge in [0.05, 0.1) is 13.2 Å². The van der Waals surface area contributed by atoms with Crippen molar-refractivity contribution in [3.05, 3.63) is 132 Å². The van der Waals surface area contributed by atoms with Crippen molar-refractivity contribution in [2.45, 2.75) is 58.3 Å². The summed E-state index contributed by atoms with van der Waals surface area (Å²) in [6.07, 6.45) is 13.0. The first-order chi connectivity index (χ1) is 23.5. The second kappa shape index (κ2) is 20.4.